The van der Waals surface area contributed by atoms with Gasteiger partial charge in [-0.05, 0) is 42.2 Å². The molecule has 172 valence electrons. The number of halogens is 1. The molecule has 0 amide bonds. The van der Waals surface area contributed by atoms with E-state index in [0.29, 0.717) is 11.7 Å². The fourth-order valence-corrected chi connectivity index (χ4v) is 5.88. The fourth-order valence-electron chi connectivity index (χ4n) is 4.53. The molecule has 8 heteroatoms. The van der Waals surface area contributed by atoms with E-state index < -0.39 is 0 Å². The van der Waals surface area contributed by atoms with Crippen molar-refractivity contribution in [3.8, 4) is 5.88 Å². The highest BCUT2D eigenvalue weighted by Gasteiger charge is 2.31. The highest BCUT2D eigenvalue weighted by molar-refractivity contribution is 7.17. The van der Waals surface area contributed by atoms with Gasteiger partial charge in [-0.2, -0.15) is 4.52 Å². The summed E-state index contributed by atoms with van der Waals surface area (Å²) in [7, 11) is 0. The summed E-state index contributed by atoms with van der Waals surface area (Å²) in [5.41, 5.74) is 3.63. The minimum absolute atomic E-state index is 0.0541. The summed E-state index contributed by atoms with van der Waals surface area (Å²) in [6.07, 6.45) is 0. The molecule has 4 aromatic rings. The van der Waals surface area contributed by atoms with Crippen LogP contribution in [0, 0.1) is 6.92 Å². The molecule has 0 saturated carbocycles. The third-order valence-corrected chi connectivity index (χ3v) is 7.63. The minimum Gasteiger partial charge on any atom is -0.492 e. The van der Waals surface area contributed by atoms with E-state index >= 15 is 0 Å². The third kappa shape index (κ3) is 4.33. The van der Waals surface area contributed by atoms with E-state index in [1.807, 2.05) is 25.1 Å². The molecule has 2 aromatic heterocycles. The molecule has 33 heavy (non-hydrogen) atoms. The molecule has 6 nitrogen and oxygen atoms in total. The van der Waals surface area contributed by atoms with Crippen LogP contribution in [-0.4, -0.2) is 50.8 Å². The summed E-state index contributed by atoms with van der Waals surface area (Å²) in [5, 5.41) is 16.2. The molecule has 0 bridgehead atoms. The monoisotopic (exact) mass is 481 g/mol. The number of aromatic hydroxyl groups is 1. The van der Waals surface area contributed by atoms with Crippen LogP contribution in [0.2, 0.25) is 5.02 Å². The van der Waals surface area contributed by atoms with Crippen molar-refractivity contribution in [2.45, 2.75) is 32.7 Å². The van der Waals surface area contributed by atoms with Crippen LogP contribution in [0.5, 0.6) is 5.88 Å². The van der Waals surface area contributed by atoms with E-state index in [4.69, 9.17) is 11.6 Å². The van der Waals surface area contributed by atoms with Gasteiger partial charge < -0.3 is 10.0 Å². The number of hydrogen-bond acceptors (Lipinski definition) is 6. The zero-order chi connectivity index (χ0) is 23.1. The average Bonchev–Trinajstić information content (AvgIpc) is 3.32. The lowest BCUT2D eigenvalue weighted by molar-refractivity contribution is 0.211. The van der Waals surface area contributed by atoms with Gasteiger partial charge in [0.05, 0.1) is 10.9 Å². The molecule has 2 aromatic carbocycles. The smallest absolute Gasteiger partial charge is 0.230 e. The van der Waals surface area contributed by atoms with E-state index in [-0.39, 0.29) is 11.9 Å². The minimum atomic E-state index is -0.0541. The summed E-state index contributed by atoms with van der Waals surface area (Å²) in [6, 6.07) is 16.8. The second-order valence-electron chi connectivity index (χ2n) is 8.87. The predicted molar refractivity (Wildman–Crippen MR) is 135 cm³/mol. The van der Waals surface area contributed by atoms with Gasteiger partial charge in [-0.1, -0.05) is 67.1 Å². The molecular formula is C25H28ClN5OS. The van der Waals surface area contributed by atoms with E-state index in [9.17, 15) is 5.11 Å². The van der Waals surface area contributed by atoms with Crippen LogP contribution in [0.4, 0.5) is 5.69 Å². The summed E-state index contributed by atoms with van der Waals surface area (Å²) in [5.74, 6) is 1.33. The van der Waals surface area contributed by atoms with Crippen molar-refractivity contribution >= 4 is 33.6 Å². The van der Waals surface area contributed by atoms with E-state index in [1.54, 1.807) is 4.52 Å². The maximum Gasteiger partial charge on any atom is 0.230 e. The Labute approximate surface area is 203 Å². The highest BCUT2D eigenvalue weighted by Crippen LogP contribution is 2.40. The SMILES string of the molecule is Cc1nc2sc([C@H](c3ccc(C(C)C)cc3)N3CCN(c4cccc(Cl)c4)CC3)c(O)n2n1. The molecule has 1 N–H and O–H groups in total. The lowest BCUT2D eigenvalue weighted by Crippen LogP contribution is -2.47. The Hall–Kier alpha value is -2.61. The fraction of sp³-hybridized carbons (Fsp3) is 0.360. The number of fused-ring (bicyclic) bond motifs is 1. The summed E-state index contributed by atoms with van der Waals surface area (Å²) >= 11 is 7.73. The molecule has 3 heterocycles. The Balaban J connectivity index is 1.47. The number of anilines is 1. The molecule has 5 rings (SSSR count). The van der Waals surface area contributed by atoms with Crippen molar-refractivity contribution in [2.24, 2.45) is 0 Å². The average molecular weight is 482 g/mol. The largest absolute Gasteiger partial charge is 0.492 e. The van der Waals surface area contributed by atoms with Crippen molar-refractivity contribution in [2.75, 3.05) is 31.1 Å². The van der Waals surface area contributed by atoms with Crippen LogP contribution >= 0.6 is 22.9 Å². The van der Waals surface area contributed by atoms with Gasteiger partial charge in [0.2, 0.25) is 10.8 Å². The Morgan fingerprint density at radius 3 is 2.33 bits per heavy atom. The van der Waals surface area contributed by atoms with Crippen LogP contribution in [0.25, 0.3) is 4.96 Å². The quantitative estimate of drug-likeness (QED) is 0.408. The van der Waals surface area contributed by atoms with Gasteiger partial charge in [0, 0.05) is 36.9 Å². The van der Waals surface area contributed by atoms with Gasteiger partial charge in [0.25, 0.3) is 0 Å². The Kier molecular flexibility index (Phi) is 6.03. The molecule has 1 saturated heterocycles. The van der Waals surface area contributed by atoms with Crippen LogP contribution in [0.3, 0.4) is 0 Å². The summed E-state index contributed by atoms with van der Waals surface area (Å²) in [6.45, 7) is 9.77. The molecule has 0 radical (unpaired) electrons. The Morgan fingerprint density at radius 1 is 1.00 bits per heavy atom. The molecular weight excluding hydrogens is 454 g/mol. The second kappa shape index (κ2) is 8.97. The predicted octanol–water partition coefficient (Wildman–Crippen LogP) is 5.49. The first kappa shape index (κ1) is 22.2. The normalized spacial score (nSPS) is 16.1. The second-order valence-corrected chi connectivity index (χ2v) is 10.3. The van der Waals surface area contributed by atoms with Crippen LogP contribution in [-0.2, 0) is 0 Å². The standard InChI is InChI=1S/C25H28ClN5OS/c1-16(2)18-7-9-19(10-8-18)22(23-24(32)31-25(33-23)27-17(3)28-31)30-13-11-29(12-14-30)21-6-4-5-20(26)15-21/h4-10,15-16,22,32H,11-14H2,1-3H3/t22-/m0/s1. The molecule has 0 unspecified atom stereocenters. The van der Waals surface area contributed by atoms with Crippen molar-refractivity contribution in [3.63, 3.8) is 0 Å². The molecule has 1 atom stereocenters. The van der Waals surface area contributed by atoms with Crippen molar-refractivity contribution in [1.82, 2.24) is 19.5 Å². The highest BCUT2D eigenvalue weighted by atomic mass is 35.5. The van der Waals surface area contributed by atoms with Gasteiger partial charge in [-0.3, -0.25) is 4.90 Å². The number of nitrogens with zero attached hydrogens (tertiary/aromatic N) is 5. The maximum absolute atomic E-state index is 11.1. The number of rotatable bonds is 5. The molecule has 1 aliphatic rings. The van der Waals surface area contributed by atoms with Crippen molar-refractivity contribution < 1.29 is 5.11 Å². The van der Waals surface area contributed by atoms with Crippen LogP contribution in [0.1, 0.15) is 47.6 Å². The van der Waals surface area contributed by atoms with Gasteiger partial charge >= 0.3 is 0 Å². The van der Waals surface area contributed by atoms with Gasteiger partial charge in [0.1, 0.15) is 5.82 Å². The van der Waals surface area contributed by atoms with Crippen LogP contribution < -0.4 is 4.90 Å². The van der Waals surface area contributed by atoms with Gasteiger partial charge in [0.15, 0.2) is 0 Å². The van der Waals surface area contributed by atoms with Crippen molar-refractivity contribution in [1.29, 1.82) is 0 Å². The molecule has 1 aliphatic heterocycles. The number of aryl methyl sites for hydroxylation is 1. The third-order valence-electron chi connectivity index (χ3n) is 6.33. The molecule has 1 fully saturated rings. The van der Waals surface area contributed by atoms with Gasteiger partial charge in [-0.15, -0.1) is 5.10 Å². The van der Waals surface area contributed by atoms with Crippen molar-refractivity contribution in [3.05, 3.63) is 75.4 Å². The zero-order valence-electron chi connectivity index (χ0n) is 19.1. The Morgan fingerprint density at radius 2 is 1.70 bits per heavy atom. The van der Waals surface area contributed by atoms with E-state index in [2.05, 4.69) is 64.1 Å². The van der Waals surface area contributed by atoms with E-state index in [1.165, 1.54) is 22.5 Å². The zero-order valence-corrected chi connectivity index (χ0v) is 20.6. The number of hydrogen-bond donors (Lipinski definition) is 1. The summed E-state index contributed by atoms with van der Waals surface area (Å²) < 4.78 is 1.56. The van der Waals surface area contributed by atoms with Gasteiger partial charge in [-0.25, -0.2) is 4.98 Å². The molecule has 0 spiro atoms. The molecule has 0 aliphatic carbocycles. The topological polar surface area (TPSA) is 56.9 Å². The number of thiazole rings is 1. The van der Waals surface area contributed by atoms with E-state index in [0.717, 1.165) is 46.7 Å². The number of benzene rings is 2. The lowest BCUT2D eigenvalue weighted by atomic mass is 9.97. The Bertz CT molecular complexity index is 1260. The number of aromatic nitrogens is 3. The first-order valence-corrected chi connectivity index (χ1v) is 12.5. The maximum atomic E-state index is 11.1. The first-order valence-electron chi connectivity index (χ1n) is 11.3. The lowest BCUT2D eigenvalue weighted by Gasteiger charge is -2.40. The number of piperazine rings is 1. The van der Waals surface area contributed by atoms with Crippen LogP contribution in [0.15, 0.2) is 48.5 Å². The summed E-state index contributed by atoms with van der Waals surface area (Å²) in [4.78, 5) is 10.9. The first-order chi connectivity index (χ1) is 15.9.